The number of amides is 1. The summed E-state index contributed by atoms with van der Waals surface area (Å²) in [6.45, 7) is 5.88. The number of carbonyl (C=O) groups is 2. The van der Waals surface area contributed by atoms with Crippen molar-refractivity contribution in [1.29, 1.82) is 0 Å². The van der Waals surface area contributed by atoms with Crippen LogP contribution < -0.4 is 4.74 Å². The predicted molar refractivity (Wildman–Crippen MR) is 118 cm³/mol. The number of hydrogen-bond acceptors (Lipinski definition) is 7. The lowest BCUT2D eigenvalue weighted by atomic mass is 9.99. The second kappa shape index (κ2) is 9.21. The molecule has 7 nitrogen and oxygen atoms in total. The van der Waals surface area contributed by atoms with Crippen LogP contribution in [-0.4, -0.2) is 73.1 Å². The molecule has 2 saturated heterocycles. The zero-order chi connectivity index (χ0) is 22.0. The maximum absolute atomic E-state index is 13.0. The third kappa shape index (κ3) is 4.23. The Bertz CT molecular complexity index is 995. The third-order valence-corrected chi connectivity index (χ3v) is 6.71. The number of carbonyl (C=O) groups excluding carboxylic acids is 2. The lowest BCUT2D eigenvalue weighted by Gasteiger charge is -2.30. The lowest BCUT2D eigenvalue weighted by molar-refractivity contribution is -0.140. The van der Waals surface area contributed by atoms with Crippen LogP contribution in [0.4, 0.5) is 0 Å². The second-order valence-electron chi connectivity index (χ2n) is 7.65. The van der Waals surface area contributed by atoms with Gasteiger partial charge in [0.1, 0.15) is 11.5 Å². The van der Waals surface area contributed by atoms with Crippen molar-refractivity contribution in [1.82, 2.24) is 9.80 Å². The Labute approximate surface area is 185 Å². The van der Waals surface area contributed by atoms with E-state index in [4.69, 9.17) is 9.47 Å². The van der Waals surface area contributed by atoms with Crippen LogP contribution in [-0.2, 0) is 14.3 Å². The highest BCUT2D eigenvalue weighted by molar-refractivity contribution is 7.10. The topological polar surface area (TPSA) is 79.3 Å². The van der Waals surface area contributed by atoms with E-state index in [-0.39, 0.29) is 11.3 Å². The van der Waals surface area contributed by atoms with Crippen molar-refractivity contribution >= 4 is 28.8 Å². The monoisotopic (exact) mass is 442 g/mol. The Morgan fingerprint density at radius 2 is 2.00 bits per heavy atom. The largest absolute Gasteiger partial charge is 0.507 e. The highest BCUT2D eigenvalue weighted by Crippen LogP contribution is 2.41. The second-order valence-corrected chi connectivity index (χ2v) is 8.63. The van der Waals surface area contributed by atoms with Crippen LogP contribution in [0.15, 0.2) is 41.3 Å². The number of benzene rings is 1. The molecule has 2 aromatic rings. The van der Waals surface area contributed by atoms with Crippen LogP contribution in [0.25, 0.3) is 5.76 Å². The summed E-state index contributed by atoms with van der Waals surface area (Å²) in [6.07, 6.45) is 0. The van der Waals surface area contributed by atoms with Crippen LogP contribution in [0.3, 0.4) is 0 Å². The predicted octanol–water partition coefficient (Wildman–Crippen LogP) is 2.82. The fraction of sp³-hybridized carbons (Fsp3) is 0.391. The number of rotatable bonds is 6. The first-order chi connectivity index (χ1) is 15.0. The number of Topliss-reactive ketones (excluding diaryl/α,β-unsaturated/α-hetero) is 1. The van der Waals surface area contributed by atoms with E-state index >= 15 is 0 Å². The Kier molecular flexibility index (Phi) is 6.41. The first-order valence-electron chi connectivity index (χ1n) is 10.3. The molecule has 0 radical (unpaired) electrons. The van der Waals surface area contributed by atoms with Crippen molar-refractivity contribution in [2.75, 3.05) is 46.5 Å². The SMILES string of the molecule is COc1ccc(C(O)=C2C(=O)C(=O)N(CCN3CCOCC3)[C@H]2c2cccs2)cc1C. The summed E-state index contributed by atoms with van der Waals surface area (Å²) >= 11 is 1.47. The Balaban J connectivity index is 1.70. The van der Waals surface area contributed by atoms with Gasteiger partial charge in [-0.1, -0.05) is 6.07 Å². The quantitative estimate of drug-likeness (QED) is 0.421. The molecule has 1 aromatic carbocycles. The molecule has 1 aromatic heterocycles. The summed E-state index contributed by atoms with van der Waals surface area (Å²) in [5.74, 6) is -0.682. The molecule has 2 aliphatic heterocycles. The van der Waals surface area contributed by atoms with E-state index in [2.05, 4.69) is 4.90 Å². The molecule has 0 saturated carbocycles. The number of aliphatic hydroxyl groups is 1. The molecule has 4 rings (SSSR count). The molecule has 3 heterocycles. The fourth-order valence-corrected chi connectivity index (χ4v) is 4.95. The normalized spacial score (nSPS) is 21.6. The first-order valence-corrected chi connectivity index (χ1v) is 11.2. The van der Waals surface area contributed by atoms with Crippen LogP contribution in [0.5, 0.6) is 5.75 Å². The number of aliphatic hydroxyl groups excluding tert-OH is 1. The molecule has 0 aliphatic carbocycles. The van der Waals surface area contributed by atoms with Gasteiger partial charge < -0.3 is 19.5 Å². The van der Waals surface area contributed by atoms with Gasteiger partial charge in [-0.15, -0.1) is 11.3 Å². The Morgan fingerprint density at radius 3 is 2.65 bits per heavy atom. The van der Waals surface area contributed by atoms with Crippen molar-refractivity contribution in [3.63, 3.8) is 0 Å². The maximum atomic E-state index is 13.0. The van der Waals surface area contributed by atoms with Gasteiger partial charge in [-0.2, -0.15) is 0 Å². The van der Waals surface area contributed by atoms with Gasteiger partial charge in [0, 0.05) is 36.6 Å². The number of methoxy groups -OCH3 is 1. The Hall–Kier alpha value is -2.68. The van der Waals surface area contributed by atoms with Gasteiger partial charge in [0.25, 0.3) is 11.7 Å². The van der Waals surface area contributed by atoms with Crippen molar-refractivity contribution < 1.29 is 24.2 Å². The lowest BCUT2D eigenvalue weighted by Crippen LogP contribution is -2.42. The average Bonchev–Trinajstić information content (AvgIpc) is 3.40. The summed E-state index contributed by atoms with van der Waals surface area (Å²) in [5.41, 5.74) is 1.46. The molecule has 2 aliphatic rings. The molecule has 164 valence electrons. The van der Waals surface area contributed by atoms with Gasteiger partial charge in [-0.05, 0) is 42.1 Å². The smallest absolute Gasteiger partial charge is 0.295 e. The minimum absolute atomic E-state index is 0.138. The van der Waals surface area contributed by atoms with E-state index in [9.17, 15) is 14.7 Å². The van der Waals surface area contributed by atoms with Gasteiger partial charge in [0.15, 0.2) is 0 Å². The summed E-state index contributed by atoms with van der Waals surface area (Å²) in [5, 5.41) is 13.0. The molecule has 31 heavy (non-hydrogen) atoms. The first kappa shape index (κ1) is 21.5. The molecule has 8 heteroatoms. The molecule has 2 fully saturated rings. The van der Waals surface area contributed by atoms with Crippen molar-refractivity contribution in [2.45, 2.75) is 13.0 Å². The number of morpholine rings is 1. The molecule has 1 atom stereocenters. The van der Waals surface area contributed by atoms with E-state index in [0.717, 1.165) is 23.5 Å². The van der Waals surface area contributed by atoms with Gasteiger partial charge in [0.05, 0.1) is 31.9 Å². The van der Waals surface area contributed by atoms with Crippen LogP contribution >= 0.6 is 11.3 Å². The van der Waals surface area contributed by atoms with Crippen LogP contribution in [0, 0.1) is 6.92 Å². The summed E-state index contributed by atoms with van der Waals surface area (Å²) in [6, 6.07) is 8.41. The number of aryl methyl sites for hydroxylation is 1. The molecule has 0 spiro atoms. The number of ether oxygens (including phenoxy) is 2. The van der Waals surface area contributed by atoms with E-state index in [1.807, 2.05) is 24.4 Å². The van der Waals surface area contributed by atoms with E-state index < -0.39 is 17.7 Å². The third-order valence-electron chi connectivity index (χ3n) is 5.78. The number of hydrogen-bond donors (Lipinski definition) is 1. The summed E-state index contributed by atoms with van der Waals surface area (Å²) in [7, 11) is 1.58. The van der Waals surface area contributed by atoms with Gasteiger partial charge in [-0.25, -0.2) is 0 Å². The number of thiophene rings is 1. The number of nitrogens with zero attached hydrogens (tertiary/aromatic N) is 2. The van der Waals surface area contributed by atoms with Crippen LogP contribution in [0.1, 0.15) is 22.0 Å². The Morgan fingerprint density at radius 1 is 1.23 bits per heavy atom. The van der Waals surface area contributed by atoms with E-state index in [1.165, 1.54) is 11.3 Å². The van der Waals surface area contributed by atoms with Crippen molar-refractivity contribution in [2.24, 2.45) is 0 Å². The summed E-state index contributed by atoms with van der Waals surface area (Å²) in [4.78, 5) is 30.7. The molecule has 1 amide bonds. The maximum Gasteiger partial charge on any atom is 0.295 e. The van der Waals surface area contributed by atoms with Gasteiger partial charge >= 0.3 is 0 Å². The molecule has 0 unspecified atom stereocenters. The van der Waals surface area contributed by atoms with Crippen molar-refractivity contribution in [3.8, 4) is 5.75 Å². The van der Waals surface area contributed by atoms with Gasteiger partial charge in [-0.3, -0.25) is 14.5 Å². The molecular formula is C23H26N2O5S. The molecule has 0 bridgehead atoms. The highest BCUT2D eigenvalue weighted by atomic mass is 32.1. The number of likely N-dealkylation sites (tertiary alicyclic amines) is 1. The molecular weight excluding hydrogens is 416 g/mol. The summed E-state index contributed by atoms with van der Waals surface area (Å²) < 4.78 is 10.7. The van der Waals surface area contributed by atoms with E-state index in [1.54, 1.807) is 30.2 Å². The van der Waals surface area contributed by atoms with E-state index in [0.29, 0.717) is 37.6 Å². The highest BCUT2D eigenvalue weighted by Gasteiger charge is 2.46. The van der Waals surface area contributed by atoms with Crippen molar-refractivity contribution in [3.05, 3.63) is 57.3 Å². The van der Waals surface area contributed by atoms with Crippen LogP contribution in [0.2, 0.25) is 0 Å². The average molecular weight is 443 g/mol. The zero-order valence-electron chi connectivity index (χ0n) is 17.7. The number of ketones is 1. The fourth-order valence-electron chi connectivity index (χ4n) is 4.11. The zero-order valence-corrected chi connectivity index (χ0v) is 18.5. The van der Waals surface area contributed by atoms with Gasteiger partial charge in [0.2, 0.25) is 0 Å². The standard InChI is InChI=1S/C23H26N2O5S/c1-15-14-16(5-6-17(15)29-2)21(26)19-20(18-4-3-13-31-18)25(23(28)22(19)27)8-7-24-9-11-30-12-10-24/h3-6,13-14,20,26H,7-12H2,1-2H3/t20-/m0/s1. The minimum Gasteiger partial charge on any atom is -0.507 e. The minimum atomic E-state index is -0.647. The molecule has 1 N–H and O–H groups in total.